The third kappa shape index (κ3) is 3.10. The molecule has 21 heavy (non-hydrogen) atoms. The Hall–Kier alpha value is -2.63. The Morgan fingerprint density at radius 1 is 1.10 bits per heavy atom. The van der Waals surface area contributed by atoms with Crippen molar-refractivity contribution in [3.8, 4) is 12.1 Å². The van der Waals surface area contributed by atoms with E-state index < -0.39 is 5.78 Å². The molecule has 0 amide bonds. The maximum Gasteiger partial charge on any atom is 0.205 e. The third-order valence-corrected chi connectivity index (χ3v) is 3.26. The monoisotopic (exact) mass is 340 g/mol. The van der Waals surface area contributed by atoms with Gasteiger partial charge in [0.05, 0.1) is 0 Å². The number of aryl methyl sites for hydroxylation is 1. The minimum absolute atomic E-state index is 0.0752. The Bertz CT molecular complexity index is 802. The number of ketones is 1. The van der Waals surface area contributed by atoms with E-state index in [0.29, 0.717) is 10.2 Å². The maximum absolute atomic E-state index is 12.4. The number of allylic oxidation sites excluding steroid dienone is 2. The fourth-order valence-corrected chi connectivity index (χ4v) is 2.06. The Labute approximate surface area is 130 Å². The summed E-state index contributed by atoms with van der Waals surface area (Å²) < 4.78 is 5.68. The van der Waals surface area contributed by atoms with E-state index in [9.17, 15) is 15.3 Å². The zero-order chi connectivity index (χ0) is 15.4. The van der Waals surface area contributed by atoms with Gasteiger partial charge >= 0.3 is 0 Å². The molecule has 2 rings (SSSR count). The Morgan fingerprint density at radius 3 is 2.24 bits per heavy atom. The van der Waals surface area contributed by atoms with Crippen LogP contribution < -0.4 is 0 Å². The lowest BCUT2D eigenvalue weighted by Gasteiger charge is -2.02. The van der Waals surface area contributed by atoms with Crippen molar-refractivity contribution in [2.24, 2.45) is 0 Å². The Morgan fingerprint density at radius 2 is 1.76 bits per heavy atom. The predicted molar refractivity (Wildman–Crippen MR) is 80.1 cm³/mol. The second-order valence-electron chi connectivity index (χ2n) is 4.27. The number of furan rings is 1. The summed E-state index contributed by atoms with van der Waals surface area (Å²) in [5.74, 6) is -0.317. The lowest BCUT2D eigenvalue weighted by molar-refractivity contribution is 0.103. The second-order valence-corrected chi connectivity index (χ2v) is 5.05. The van der Waals surface area contributed by atoms with Crippen molar-refractivity contribution in [1.29, 1.82) is 10.5 Å². The first-order chi connectivity index (χ1) is 10.1. The number of benzene rings is 1. The van der Waals surface area contributed by atoms with Crippen molar-refractivity contribution in [3.05, 3.63) is 63.5 Å². The summed E-state index contributed by atoms with van der Waals surface area (Å²) in [6.45, 7) is 1.90. The molecule has 0 unspecified atom stereocenters. The molecule has 4 nitrogen and oxygen atoms in total. The highest BCUT2D eigenvalue weighted by atomic mass is 79.9. The molecule has 0 spiro atoms. The van der Waals surface area contributed by atoms with Gasteiger partial charge in [-0.05, 0) is 35.0 Å². The fraction of sp³-hybridized carbons (Fsp3) is 0.0625. The molecule has 0 aliphatic heterocycles. The van der Waals surface area contributed by atoms with Crippen LogP contribution in [0.25, 0.3) is 5.57 Å². The lowest BCUT2D eigenvalue weighted by Crippen LogP contribution is -2.04. The van der Waals surface area contributed by atoms with Gasteiger partial charge < -0.3 is 4.42 Å². The van der Waals surface area contributed by atoms with Crippen LogP contribution in [-0.2, 0) is 0 Å². The molecule has 1 aromatic heterocycles. The van der Waals surface area contributed by atoms with Gasteiger partial charge in [-0.3, -0.25) is 4.79 Å². The average Bonchev–Trinajstić information content (AvgIpc) is 2.91. The molecule has 0 bridgehead atoms. The summed E-state index contributed by atoms with van der Waals surface area (Å²) in [6, 6.07) is 13.6. The van der Waals surface area contributed by atoms with Crippen LogP contribution >= 0.6 is 15.9 Å². The normalized spacial score (nSPS) is 11.2. The van der Waals surface area contributed by atoms with E-state index in [4.69, 9.17) is 4.42 Å². The van der Waals surface area contributed by atoms with Crippen molar-refractivity contribution in [2.75, 3.05) is 0 Å². The molecular weight excluding hydrogens is 332 g/mol. The number of rotatable bonds is 3. The van der Waals surface area contributed by atoms with Crippen molar-refractivity contribution in [2.45, 2.75) is 6.92 Å². The summed E-state index contributed by atoms with van der Waals surface area (Å²) >= 11 is 3.12. The topological polar surface area (TPSA) is 77.8 Å². The smallest absolute Gasteiger partial charge is 0.205 e. The highest BCUT2D eigenvalue weighted by Gasteiger charge is 2.20. The van der Waals surface area contributed by atoms with E-state index in [0.717, 1.165) is 5.56 Å². The summed E-state index contributed by atoms with van der Waals surface area (Å²) in [6.07, 6.45) is 0. The molecule has 0 fully saturated rings. The second kappa shape index (κ2) is 6.21. The van der Waals surface area contributed by atoms with Gasteiger partial charge in [0.25, 0.3) is 0 Å². The van der Waals surface area contributed by atoms with Gasteiger partial charge in [-0.2, -0.15) is 10.5 Å². The van der Waals surface area contributed by atoms with Gasteiger partial charge in [-0.25, -0.2) is 0 Å². The Kier molecular flexibility index (Phi) is 4.37. The van der Waals surface area contributed by atoms with Gasteiger partial charge in [0.2, 0.25) is 5.78 Å². The molecule has 0 radical (unpaired) electrons. The number of halogens is 1. The van der Waals surface area contributed by atoms with Crippen LogP contribution in [0.5, 0.6) is 0 Å². The van der Waals surface area contributed by atoms with Crippen molar-refractivity contribution in [1.82, 2.24) is 0 Å². The molecule has 0 saturated heterocycles. The van der Waals surface area contributed by atoms with Crippen LogP contribution in [0.2, 0.25) is 0 Å². The van der Waals surface area contributed by atoms with Gasteiger partial charge in [0, 0.05) is 5.56 Å². The highest BCUT2D eigenvalue weighted by Crippen LogP contribution is 2.25. The van der Waals surface area contributed by atoms with Crippen LogP contribution in [0, 0.1) is 29.6 Å². The van der Waals surface area contributed by atoms with Gasteiger partial charge in [-0.1, -0.05) is 29.8 Å². The first-order valence-corrected chi connectivity index (χ1v) is 6.77. The highest BCUT2D eigenvalue weighted by molar-refractivity contribution is 9.10. The van der Waals surface area contributed by atoms with E-state index in [-0.39, 0.29) is 16.9 Å². The molecule has 0 aliphatic rings. The zero-order valence-corrected chi connectivity index (χ0v) is 12.6. The summed E-state index contributed by atoms with van der Waals surface area (Å²) in [5, 5.41) is 18.5. The number of Topliss-reactive ketones (excluding diaryl/α,β-unsaturated/α-hetero) is 1. The first kappa shape index (κ1) is 14.8. The average molecular weight is 341 g/mol. The molecule has 0 atom stereocenters. The zero-order valence-electron chi connectivity index (χ0n) is 11.1. The standard InChI is InChI=1S/C16H9BrN2O2/c1-10-2-4-11(5-3-10)16(20)13(9-19)12(8-18)14-6-7-15(17)21-14/h2-7H,1H3. The molecule has 1 aromatic carbocycles. The van der Waals surface area contributed by atoms with Crippen LogP contribution in [-0.4, -0.2) is 5.78 Å². The van der Waals surface area contributed by atoms with E-state index >= 15 is 0 Å². The van der Waals surface area contributed by atoms with Crippen LogP contribution in [0.1, 0.15) is 21.7 Å². The number of hydrogen-bond donors (Lipinski definition) is 0. The molecule has 102 valence electrons. The quantitative estimate of drug-likeness (QED) is 0.480. The first-order valence-electron chi connectivity index (χ1n) is 5.98. The number of nitrogens with zero attached hydrogens (tertiary/aromatic N) is 2. The third-order valence-electron chi connectivity index (χ3n) is 2.83. The molecule has 0 N–H and O–H groups in total. The van der Waals surface area contributed by atoms with Crippen molar-refractivity contribution < 1.29 is 9.21 Å². The minimum Gasteiger partial charge on any atom is -0.449 e. The van der Waals surface area contributed by atoms with Crippen LogP contribution in [0.4, 0.5) is 0 Å². The number of nitriles is 2. The van der Waals surface area contributed by atoms with Crippen LogP contribution in [0.3, 0.4) is 0 Å². The fourth-order valence-electron chi connectivity index (χ4n) is 1.75. The van der Waals surface area contributed by atoms with Gasteiger partial charge in [-0.15, -0.1) is 0 Å². The molecule has 0 aliphatic carbocycles. The van der Waals surface area contributed by atoms with Gasteiger partial charge in [0.1, 0.15) is 29.0 Å². The molecule has 5 heteroatoms. The minimum atomic E-state index is -0.499. The van der Waals surface area contributed by atoms with E-state index in [1.165, 1.54) is 6.07 Å². The number of carbonyl (C=O) groups is 1. The predicted octanol–water partition coefficient (Wildman–Crippen LogP) is 4.03. The summed E-state index contributed by atoms with van der Waals surface area (Å²) in [5.41, 5.74) is 1.05. The Balaban J connectivity index is 2.53. The van der Waals surface area contributed by atoms with Crippen molar-refractivity contribution in [3.63, 3.8) is 0 Å². The van der Waals surface area contributed by atoms with Gasteiger partial charge in [0.15, 0.2) is 4.67 Å². The maximum atomic E-state index is 12.4. The van der Waals surface area contributed by atoms with E-state index in [1.807, 2.05) is 13.0 Å². The van der Waals surface area contributed by atoms with E-state index in [2.05, 4.69) is 15.9 Å². The van der Waals surface area contributed by atoms with E-state index in [1.54, 1.807) is 36.4 Å². The largest absolute Gasteiger partial charge is 0.449 e. The lowest BCUT2D eigenvalue weighted by atomic mass is 9.98. The van der Waals surface area contributed by atoms with Crippen LogP contribution in [0.15, 0.2) is 51.1 Å². The molecule has 0 saturated carbocycles. The SMILES string of the molecule is Cc1ccc(C(=O)C(C#N)=C(C#N)c2ccc(Br)o2)cc1. The number of hydrogen-bond acceptors (Lipinski definition) is 4. The summed E-state index contributed by atoms with van der Waals surface area (Å²) in [7, 11) is 0. The number of carbonyl (C=O) groups excluding carboxylic acids is 1. The van der Waals surface area contributed by atoms with Crippen molar-refractivity contribution >= 4 is 27.3 Å². The molecule has 2 aromatic rings. The molecule has 1 heterocycles. The molecular formula is C16H9BrN2O2. The summed E-state index contributed by atoms with van der Waals surface area (Å²) in [4.78, 5) is 12.4.